The number of nitrogens with zero attached hydrogens (tertiary/aromatic N) is 1. The molecule has 1 aliphatic carbocycles. The van der Waals surface area contributed by atoms with E-state index in [0.29, 0.717) is 11.5 Å². The van der Waals surface area contributed by atoms with Crippen LogP contribution in [0.5, 0.6) is 5.75 Å². The molecule has 4 nitrogen and oxygen atoms in total. The maximum absolute atomic E-state index is 11.9. The van der Waals surface area contributed by atoms with E-state index in [4.69, 9.17) is 9.47 Å². The first-order valence-electron chi connectivity index (χ1n) is 8.41. The van der Waals surface area contributed by atoms with Crippen LogP contribution in [-0.4, -0.2) is 25.2 Å². The maximum atomic E-state index is 11.9. The van der Waals surface area contributed by atoms with Crippen molar-refractivity contribution in [2.45, 2.75) is 38.0 Å². The zero-order chi connectivity index (χ0) is 16.9. The Morgan fingerprint density at radius 1 is 1.29 bits per heavy atom. The highest BCUT2D eigenvalue weighted by molar-refractivity contribution is 5.90. The van der Waals surface area contributed by atoms with Crippen molar-refractivity contribution in [2.75, 3.05) is 14.2 Å². The number of carbonyl (C=O) groups is 1. The van der Waals surface area contributed by atoms with Crippen molar-refractivity contribution in [1.29, 1.82) is 0 Å². The fraction of sp³-hybridized carbons (Fsp3) is 0.400. The molecular weight excluding hydrogens is 302 g/mol. The minimum atomic E-state index is -0.291. The summed E-state index contributed by atoms with van der Waals surface area (Å²) in [7, 11) is 3.12. The van der Waals surface area contributed by atoms with Gasteiger partial charge in [-0.2, -0.15) is 0 Å². The Bertz CT molecular complexity index is 727. The summed E-state index contributed by atoms with van der Waals surface area (Å²) in [4.78, 5) is 16.1. The van der Waals surface area contributed by atoms with Gasteiger partial charge in [-0.15, -0.1) is 0 Å². The van der Waals surface area contributed by atoms with Gasteiger partial charge in [0.15, 0.2) is 0 Å². The third kappa shape index (κ3) is 3.42. The van der Waals surface area contributed by atoms with Gasteiger partial charge in [0, 0.05) is 12.4 Å². The van der Waals surface area contributed by atoms with E-state index in [1.807, 2.05) is 6.07 Å². The summed E-state index contributed by atoms with van der Waals surface area (Å²) >= 11 is 0. The van der Waals surface area contributed by atoms with Gasteiger partial charge in [0.1, 0.15) is 5.75 Å². The molecule has 126 valence electrons. The first-order valence-corrected chi connectivity index (χ1v) is 8.41. The first kappa shape index (κ1) is 16.5. The second-order valence-corrected chi connectivity index (χ2v) is 6.22. The highest BCUT2D eigenvalue weighted by Crippen LogP contribution is 2.36. The smallest absolute Gasteiger partial charge is 0.338 e. The third-order valence-corrected chi connectivity index (χ3v) is 4.86. The van der Waals surface area contributed by atoms with Crippen LogP contribution in [0.15, 0.2) is 36.7 Å². The molecule has 0 amide bonds. The number of aryl methyl sites for hydroxylation is 2. The predicted molar refractivity (Wildman–Crippen MR) is 92.6 cm³/mol. The number of esters is 1. The summed E-state index contributed by atoms with van der Waals surface area (Å²) in [6.07, 6.45) is 8.75. The molecule has 1 aliphatic rings. The highest BCUT2D eigenvalue weighted by Gasteiger charge is 2.21. The largest absolute Gasteiger partial charge is 0.497 e. The maximum Gasteiger partial charge on any atom is 0.338 e. The summed E-state index contributed by atoms with van der Waals surface area (Å²) in [6, 6.07) is 8.13. The number of methoxy groups -OCH3 is 2. The summed E-state index contributed by atoms with van der Waals surface area (Å²) in [5.74, 6) is 1.15. The molecule has 0 N–H and O–H groups in total. The number of benzene rings is 1. The topological polar surface area (TPSA) is 48.4 Å². The molecule has 0 saturated carbocycles. The Morgan fingerprint density at radius 2 is 2.17 bits per heavy atom. The number of aromatic nitrogens is 1. The van der Waals surface area contributed by atoms with Gasteiger partial charge in [-0.1, -0.05) is 6.07 Å². The number of fused-ring (bicyclic) bond motifs is 1. The lowest BCUT2D eigenvalue weighted by atomic mass is 9.79. The minimum absolute atomic E-state index is 0.291. The van der Waals surface area contributed by atoms with Gasteiger partial charge < -0.3 is 9.47 Å². The van der Waals surface area contributed by atoms with Crippen molar-refractivity contribution in [3.8, 4) is 5.75 Å². The quantitative estimate of drug-likeness (QED) is 0.782. The van der Waals surface area contributed by atoms with Crippen LogP contribution in [0.1, 0.15) is 52.2 Å². The lowest BCUT2D eigenvalue weighted by Crippen LogP contribution is -2.12. The van der Waals surface area contributed by atoms with Gasteiger partial charge in [-0.25, -0.2) is 4.79 Å². The second-order valence-electron chi connectivity index (χ2n) is 6.22. The van der Waals surface area contributed by atoms with Gasteiger partial charge >= 0.3 is 5.97 Å². The molecule has 0 radical (unpaired) electrons. The number of hydrogen-bond acceptors (Lipinski definition) is 4. The molecule has 2 aromatic rings. The van der Waals surface area contributed by atoms with Gasteiger partial charge in [-0.05, 0) is 72.9 Å². The summed E-state index contributed by atoms with van der Waals surface area (Å²) < 4.78 is 10.2. The Hall–Kier alpha value is -2.36. The third-order valence-electron chi connectivity index (χ3n) is 4.86. The molecule has 3 rings (SSSR count). The van der Waals surface area contributed by atoms with E-state index in [1.165, 1.54) is 31.1 Å². The van der Waals surface area contributed by atoms with Gasteiger partial charge in [-0.3, -0.25) is 4.98 Å². The zero-order valence-electron chi connectivity index (χ0n) is 14.2. The average Bonchev–Trinajstić information content (AvgIpc) is 2.65. The predicted octanol–water partition coefficient (Wildman–Crippen LogP) is 3.93. The molecule has 4 heteroatoms. The van der Waals surface area contributed by atoms with Crippen molar-refractivity contribution >= 4 is 5.97 Å². The van der Waals surface area contributed by atoms with Crippen LogP contribution >= 0.6 is 0 Å². The van der Waals surface area contributed by atoms with Crippen molar-refractivity contribution in [1.82, 2.24) is 4.98 Å². The summed E-state index contributed by atoms with van der Waals surface area (Å²) in [5, 5.41) is 0. The average molecular weight is 325 g/mol. The SMILES string of the molecule is COC(=O)c1ccncc1CC[C@H]1CCCc2cc(OC)ccc21. The van der Waals surface area contributed by atoms with E-state index >= 15 is 0 Å². The Balaban J connectivity index is 1.76. The molecule has 1 aromatic heterocycles. The fourth-order valence-corrected chi connectivity index (χ4v) is 3.58. The second kappa shape index (κ2) is 7.47. The van der Waals surface area contributed by atoms with E-state index in [2.05, 4.69) is 17.1 Å². The van der Waals surface area contributed by atoms with Crippen LogP contribution in [0.25, 0.3) is 0 Å². The van der Waals surface area contributed by atoms with Gasteiger partial charge in [0.25, 0.3) is 0 Å². The van der Waals surface area contributed by atoms with E-state index in [-0.39, 0.29) is 5.97 Å². The van der Waals surface area contributed by atoms with Crippen molar-refractivity contribution in [3.63, 3.8) is 0 Å². The number of pyridine rings is 1. The lowest BCUT2D eigenvalue weighted by molar-refractivity contribution is 0.0599. The van der Waals surface area contributed by atoms with E-state index < -0.39 is 0 Å². The molecule has 1 aromatic carbocycles. The van der Waals surface area contributed by atoms with Crippen molar-refractivity contribution in [2.24, 2.45) is 0 Å². The van der Waals surface area contributed by atoms with E-state index in [9.17, 15) is 4.79 Å². The van der Waals surface area contributed by atoms with Crippen LogP contribution in [-0.2, 0) is 17.6 Å². The highest BCUT2D eigenvalue weighted by atomic mass is 16.5. The molecule has 24 heavy (non-hydrogen) atoms. The van der Waals surface area contributed by atoms with Crippen LogP contribution in [0.4, 0.5) is 0 Å². The van der Waals surface area contributed by atoms with E-state index in [1.54, 1.807) is 25.6 Å². The van der Waals surface area contributed by atoms with Gasteiger partial charge in [0.2, 0.25) is 0 Å². The molecule has 0 unspecified atom stereocenters. The van der Waals surface area contributed by atoms with Crippen molar-refractivity contribution < 1.29 is 14.3 Å². The standard InChI is InChI=1S/C20H23NO3/c1-23-17-8-9-18-14(4-3-5-15(18)12-17)6-7-16-13-21-11-10-19(16)20(22)24-2/h8-14H,3-7H2,1-2H3/t14-/m1/s1. The van der Waals surface area contributed by atoms with Gasteiger partial charge in [0.05, 0.1) is 19.8 Å². The normalized spacial score (nSPS) is 16.3. The van der Waals surface area contributed by atoms with Crippen LogP contribution in [0.3, 0.4) is 0 Å². The molecule has 0 saturated heterocycles. The monoisotopic (exact) mass is 325 g/mol. The van der Waals surface area contributed by atoms with Crippen LogP contribution in [0, 0.1) is 0 Å². The Labute approximate surface area is 142 Å². The first-order chi connectivity index (χ1) is 11.7. The molecule has 0 aliphatic heterocycles. The Kier molecular flexibility index (Phi) is 5.14. The van der Waals surface area contributed by atoms with Crippen molar-refractivity contribution in [3.05, 3.63) is 58.9 Å². The van der Waals surface area contributed by atoms with Crippen LogP contribution < -0.4 is 4.74 Å². The molecule has 0 bridgehead atoms. The van der Waals surface area contributed by atoms with Crippen LogP contribution in [0.2, 0.25) is 0 Å². The molecule has 0 spiro atoms. The molecule has 1 atom stereocenters. The summed E-state index contributed by atoms with van der Waals surface area (Å²) in [6.45, 7) is 0. The minimum Gasteiger partial charge on any atom is -0.497 e. The van der Waals surface area contributed by atoms with E-state index in [0.717, 1.165) is 30.6 Å². The number of carbonyl (C=O) groups excluding carboxylic acids is 1. The number of hydrogen-bond donors (Lipinski definition) is 0. The number of rotatable bonds is 5. The fourth-order valence-electron chi connectivity index (χ4n) is 3.58. The molecular formula is C20H23NO3. The molecule has 1 heterocycles. The zero-order valence-corrected chi connectivity index (χ0v) is 14.2. The Morgan fingerprint density at radius 3 is 2.96 bits per heavy atom. The lowest BCUT2D eigenvalue weighted by Gasteiger charge is -2.26. The number of ether oxygens (including phenoxy) is 2. The molecule has 0 fully saturated rings. The summed E-state index contributed by atoms with van der Waals surface area (Å²) in [5.41, 5.74) is 4.40.